The Bertz CT molecular complexity index is 443. The van der Waals surface area contributed by atoms with Crippen molar-refractivity contribution in [2.75, 3.05) is 0 Å². The predicted octanol–water partition coefficient (Wildman–Crippen LogP) is 2.22. The van der Waals surface area contributed by atoms with Gasteiger partial charge in [0.15, 0.2) is 0 Å². The zero-order valence-electron chi connectivity index (χ0n) is 11.9. The number of aliphatic carboxylic acids is 1. The number of nitrogens with one attached hydrogen (secondary N) is 1. The third-order valence-electron chi connectivity index (χ3n) is 3.02. The van der Waals surface area contributed by atoms with E-state index in [1.54, 1.807) is 4.68 Å². The number of carboxylic acid groups (broad SMARTS) is 1. The summed E-state index contributed by atoms with van der Waals surface area (Å²) in [7, 11) is 1.82. The van der Waals surface area contributed by atoms with E-state index in [9.17, 15) is 9.90 Å². The zero-order chi connectivity index (χ0) is 14.6. The molecule has 108 valence electrons. The maximum Gasteiger partial charge on any atom is 0.320 e. The minimum Gasteiger partial charge on any atom is -0.480 e. The summed E-state index contributed by atoms with van der Waals surface area (Å²) in [4.78, 5) is 11.2. The Morgan fingerprint density at radius 3 is 2.58 bits per heavy atom. The summed E-state index contributed by atoms with van der Waals surface area (Å²) >= 11 is 6.23. The van der Waals surface area contributed by atoms with E-state index in [0.29, 0.717) is 23.9 Å². The molecule has 1 aromatic heterocycles. The zero-order valence-corrected chi connectivity index (χ0v) is 12.7. The maximum atomic E-state index is 11.2. The largest absolute Gasteiger partial charge is 0.480 e. The topological polar surface area (TPSA) is 67.2 Å². The number of rotatable bonds is 7. The summed E-state index contributed by atoms with van der Waals surface area (Å²) in [5, 5.41) is 17.2. The van der Waals surface area contributed by atoms with E-state index in [1.165, 1.54) is 0 Å². The van der Waals surface area contributed by atoms with Crippen molar-refractivity contribution in [1.29, 1.82) is 0 Å². The fourth-order valence-electron chi connectivity index (χ4n) is 1.97. The molecule has 0 aliphatic rings. The highest BCUT2D eigenvalue weighted by atomic mass is 35.5. The molecule has 0 saturated carbocycles. The first-order valence-corrected chi connectivity index (χ1v) is 6.91. The molecule has 0 fully saturated rings. The van der Waals surface area contributed by atoms with Gasteiger partial charge < -0.3 is 5.11 Å². The molecule has 6 heteroatoms. The lowest BCUT2D eigenvalue weighted by Gasteiger charge is -2.16. The molecule has 0 radical (unpaired) electrons. The Balaban J connectivity index is 2.74. The van der Waals surface area contributed by atoms with Crippen LogP contribution in [0.4, 0.5) is 0 Å². The first kappa shape index (κ1) is 16.0. The van der Waals surface area contributed by atoms with Crippen LogP contribution in [-0.4, -0.2) is 26.9 Å². The highest BCUT2D eigenvalue weighted by Gasteiger charge is 2.20. The van der Waals surface area contributed by atoms with Gasteiger partial charge in [0.25, 0.3) is 0 Å². The summed E-state index contributed by atoms with van der Waals surface area (Å²) in [5.41, 5.74) is 1.67. The standard InChI is InChI=1S/C13H22ClN3O2/c1-5-9-12(14)11(17(4)16-9)7-15-10(13(18)19)6-8(2)3/h8,10,15H,5-7H2,1-4H3,(H,18,19). The van der Waals surface area contributed by atoms with Gasteiger partial charge in [-0.05, 0) is 18.8 Å². The lowest BCUT2D eigenvalue weighted by molar-refractivity contribution is -0.140. The van der Waals surface area contributed by atoms with E-state index in [1.807, 2.05) is 27.8 Å². The molecule has 19 heavy (non-hydrogen) atoms. The quantitative estimate of drug-likeness (QED) is 0.807. The van der Waals surface area contributed by atoms with E-state index in [-0.39, 0.29) is 0 Å². The van der Waals surface area contributed by atoms with Crippen LogP contribution in [0.3, 0.4) is 0 Å². The van der Waals surface area contributed by atoms with Gasteiger partial charge in [-0.25, -0.2) is 0 Å². The fourth-order valence-corrected chi connectivity index (χ4v) is 2.34. The summed E-state index contributed by atoms with van der Waals surface area (Å²) in [5.74, 6) is -0.510. The Hall–Kier alpha value is -1.07. The molecule has 1 unspecified atom stereocenters. The number of halogens is 1. The Labute approximate surface area is 118 Å². The molecule has 0 spiro atoms. The molecular formula is C13H22ClN3O2. The molecule has 1 heterocycles. The van der Waals surface area contributed by atoms with E-state index in [2.05, 4.69) is 10.4 Å². The second-order valence-corrected chi connectivity index (χ2v) is 5.46. The van der Waals surface area contributed by atoms with Gasteiger partial charge in [-0.1, -0.05) is 32.4 Å². The molecule has 0 aromatic carbocycles. The van der Waals surface area contributed by atoms with E-state index in [0.717, 1.165) is 17.8 Å². The predicted molar refractivity (Wildman–Crippen MR) is 75.3 cm³/mol. The van der Waals surface area contributed by atoms with Gasteiger partial charge in [0.1, 0.15) is 6.04 Å². The van der Waals surface area contributed by atoms with E-state index < -0.39 is 12.0 Å². The normalized spacial score (nSPS) is 12.9. The van der Waals surface area contributed by atoms with Crippen LogP contribution in [0.15, 0.2) is 0 Å². The Kier molecular flexibility index (Phi) is 5.82. The monoisotopic (exact) mass is 287 g/mol. The summed E-state index contributed by atoms with van der Waals surface area (Å²) in [6, 6.07) is -0.559. The molecule has 0 aliphatic heterocycles. The summed E-state index contributed by atoms with van der Waals surface area (Å²) in [6.45, 7) is 6.41. The van der Waals surface area contributed by atoms with Crippen molar-refractivity contribution in [1.82, 2.24) is 15.1 Å². The van der Waals surface area contributed by atoms with E-state index in [4.69, 9.17) is 11.6 Å². The average Bonchev–Trinajstić information content (AvgIpc) is 2.59. The molecule has 1 aromatic rings. The lowest BCUT2D eigenvalue weighted by Crippen LogP contribution is -2.37. The van der Waals surface area contributed by atoms with Crippen molar-refractivity contribution in [3.63, 3.8) is 0 Å². The lowest BCUT2D eigenvalue weighted by atomic mass is 10.0. The first-order valence-electron chi connectivity index (χ1n) is 6.53. The first-order chi connectivity index (χ1) is 8.86. The highest BCUT2D eigenvalue weighted by Crippen LogP contribution is 2.20. The van der Waals surface area contributed by atoms with Crippen LogP contribution < -0.4 is 5.32 Å². The summed E-state index contributed by atoms with van der Waals surface area (Å²) < 4.78 is 1.71. The van der Waals surface area contributed by atoms with Crippen LogP contribution >= 0.6 is 11.6 Å². The van der Waals surface area contributed by atoms with Gasteiger partial charge in [-0.15, -0.1) is 0 Å². The highest BCUT2D eigenvalue weighted by molar-refractivity contribution is 6.31. The maximum absolute atomic E-state index is 11.2. The Morgan fingerprint density at radius 1 is 1.53 bits per heavy atom. The molecule has 0 saturated heterocycles. The number of hydrogen-bond donors (Lipinski definition) is 2. The van der Waals surface area contributed by atoms with Crippen LogP contribution in [0.1, 0.15) is 38.6 Å². The smallest absolute Gasteiger partial charge is 0.320 e. The molecule has 1 atom stereocenters. The second kappa shape index (κ2) is 6.91. The number of nitrogens with zero attached hydrogens (tertiary/aromatic N) is 2. The third kappa shape index (κ3) is 4.21. The SMILES string of the molecule is CCc1nn(C)c(CNC(CC(C)C)C(=O)O)c1Cl. The molecule has 5 nitrogen and oxygen atoms in total. The van der Waals surface area contributed by atoms with Crippen molar-refractivity contribution in [2.24, 2.45) is 13.0 Å². The molecular weight excluding hydrogens is 266 g/mol. The van der Waals surface area contributed by atoms with Crippen molar-refractivity contribution in [3.05, 3.63) is 16.4 Å². The second-order valence-electron chi connectivity index (χ2n) is 5.09. The van der Waals surface area contributed by atoms with Crippen LogP contribution in [0.5, 0.6) is 0 Å². The molecule has 2 N–H and O–H groups in total. The van der Waals surface area contributed by atoms with Crippen molar-refractivity contribution in [2.45, 2.75) is 46.2 Å². The Morgan fingerprint density at radius 2 is 2.16 bits per heavy atom. The van der Waals surface area contributed by atoms with Crippen LogP contribution in [-0.2, 0) is 24.8 Å². The van der Waals surface area contributed by atoms with Crippen LogP contribution in [0.2, 0.25) is 5.02 Å². The average molecular weight is 288 g/mol. The molecule has 0 amide bonds. The van der Waals surface area contributed by atoms with E-state index >= 15 is 0 Å². The van der Waals surface area contributed by atoms with Gasteiger partial charge in [0, 0.05) is 13.6 Å². The molecule has 1 rings (SSSR count). The van der Waals surface area contributed by atoms with Gasteiger partial charge in [-0.2, -0.15) is 5.10 Å². The van der Waals surface area contributed by atoms with Crippen molar-refractivity contribution >= 4 is 17.6 Å². The number of hydrogen-bond acceptors (Lipinski definition) is 3. The number of carboxylic acids is 1. The minimum atomic E-state index is -0.831. The third-order valence-corrected chi connectivity index (χ3v) is 3.46. The van der Waals surface area contributed by atoms with Gasteiger partial charge in [-0.3, -0.25) is 14.8 Å². The van der Waals surface area contributed by atoms with Gasteiger partial charge in [0.2, 0.25) is 0 Å². The van der Waals surface area contributed by atoms with Gasteiger partial charge >= 0.3 is 5.97 Å². The molecule has 0 aliphatic carbocycles. The fraction of sp³-hybridized carbons (Fsp3) is 0.692. The summed E-state index contributed by atoms with van der Waals surface area (Å²) in [6.07, 6.45) is 1.35. The van der Waals surface area contributed by atoms with Crippen LogP contribution in [0.25, 0.3) is 0 Å². The van der Waals surface area contributed by atoms with Crippen LogP contribution in [0, 0.1) is 5.92 Å². The number of aryl methyl sites for hydroxylation is 2. The number of aromatic nitrogens is 2. The van der Waals surface area contributed by atoms with Crippen molar-refractivity contribution < 1.29 is 9.90 Å². The van der Waals surface area contributed by atoms with Crippen molar-refractivity contribution in [3.8, 4) is 0 Å². The van der Waals surface area contributed by atoms with Gasteiger partial charge in [0.05, 0.1) is 16.4 Å². The molecule has 0 bridgehead atoms. The number of carbonyl (C=O) groups is 1. The minimum absolute atomic E-state index is 0.321.